The van der Waals surface area contributed by atoms with Crippen LogP contribution in [0, 0.1) is 11.8 Å². The Morgan fingerprint density at radius 1 is 0.781 bits per heavy atom. The van der Waals surface area contributed by atoms with Crippen molar-refractivity contribution in [1.29, 1.82) is 0 Å². The number of imidazole rings is 2. The van der Waals surface area contributed by atoms with Crippen LogP contribution in [0.1, 0.15) is 40.5 Å². The highest BCUT2D eigenvalue weighted by atomic mass is 16.1. The molecule has 0 aliphatic rings. The molecule has 4 aromatic heterocycles. The lowest BCUT2D eigenvalue weighted by molar-refractivity contribution is 0.521. The molecule has 0 bridgehead atoms. The number of anilines is 2. The van der Waals surface area contributed by atoms with E-state index in [0.717, 1.165) is 25.9 Å². The zero-order valence-electron chi connectivity index (χ0n) is 18.8. The van der Waals surface area contributed by atoms with Crippen LogP contribution >= 0.6 is 0 Å². The van der Waals surface area contributed by atoms with Crippen molar-refractivity contribution in [3.8, 4) is 0 Å². The minimum atomic E-state index is -0.286. The van der Waals surface area contributed by atoms with Gasteiger partial charge in [-0.05, 0) is 24.7 Å². The van der Waals surface area contributed by atoms with E-state index in [1.807, 2.05) is 9.13 Å². The normalized spacial score (nSPS) is 11.4. The first kappa shape index (κ1) is 23.0. The number of nitrogens with zero attached hydrogens (tertiary/aromatic N) is 6. The van der Waals surface area contributed by atoms with Crippen LogP contribution in [0.3, 0.4) is 0 Å². The summed E-state index contributed by atoms with van der Waals surface area (Å²) in [4.78, 5) is 44.1. The van der Waals surface area contributed by atoms with Gasteiger partial charge in [0.15, 0.2) is 22.3 Å². The average Bonchev–Trinajstić information content (AvgIpc) is 3.29. The number of hydrogen-bond acceptors (Lipinski definition) is 8. The summed E-state index contributed by atoms with van der Waals surface area (Å²) >= 11 is 0. The molecule has 0 spiro atoms. The molecule has 6 N–H and O–H groups in total. The van der Waals surface area contributed by atoms with Crippen molar-refractivity contribution in [3.63, 3.8) is 0 Å². The number of nitrogens with two attached hydrogens (primary N) is 2. The minimum absolute atomic E-state index is 0.129. The molecule has 4 heterocycles. The van der Waals surface area contributed by atoms with Crippen LogP contribution in [0.5, 0.6) is 0 Å². The summed E-state index contributed by atoms with van der Waals surface area (Å²) in [6.07, 6.45) is 5.29. The van der Waals surface area contributed by atoms with Crippen molar-refractivity contribution in [2.45, 2.75) is 53.6 Å². The highest BCUT2D eigenvalue weighted by Gasteiger charge is 2.10. The first-order chi connectivity index (χ1) is 15.2. The van der Waals surface area contributed by atoms with Crippen LogP contribution in [-0.4, -0.2) is 39.0 Å². The van der Waals surface area contributed by atoms with E-state index in [9.17, 15) is 9.59 Å². The number of aryl methyl sites for hydroxylation is 2. The second kappa shape index (κ2) is 9.62. The highest BCUT2D eigenvalue weighted by Crippen LogP contribution is 2.10. The SMILES string of the molecule is CC(C)CCn1cnc2c(=O)[nH]c(N)nc21.CC(C)CCn1cnc2c(=O)[nH]c(N)nc21. The predicted octanol–water partition coefficient (Wildman–Crippen LogP) is 1.50. The van der Waals surface area contributed by atoms with Crippen molar-refractivity contribution < 1.29 is 0 Å². The molecule has 172 valence electrons. The van der Waals surface area contributed by atoms with Crippen molar-refractivity contribution in [1.82, 2.24) is 39.0 Å². The standard InChI is InChI=1S/2C10H15N5O/c2*1-6(2)3-4-15-5-12-7-8(15)13-10(11)14-9(7)16/h2*5-6H,3-4H2,1-2H3,(H3,11,13,14,16). The maximum Gasteiger partial charge on any atom is 0.280 e. The van der Waals surface area contributed by atoms with Crippen LogP contribution in [0.25, 0.3) is 22.3 Å². The third kappa shape index (κ3) is 5.31. The summed E-state index contributed by atoms with van der Waals surface area (Å²) in [5, 5.41) is 0. The third-order valence-electron chi connectivity index (χ3n) is 4.88. The fourth-order valence-corrected chi connectivity index (χ4v) is 3.06. The van der Waals surface area contributed by atoms with E-state index in [1.165, 1.54) is 0 Å². The van der Waals surface area contributed by atoms with E-state index in [-0.39, 0.29) is 23.0 Å². The molecule has 0 unspecified atom stereocenters. The summed E-state index contributed by atoms with van der Waals surface area (Å²) in [5.41, 5.74) is 12.2. The number of hydrogen-bond donors (Lipinski definition) is 4. The Labute approximate surface area is 184 Å². The first-order valence-electron chi connectivity index (χ1n) is 10.6. The van der Waals surface area contributed by atoms with Crippen LogP contribution in [0.2, 0.25) is 0 Å². The molecule has 12 nitrogen and oxygen atoms in total. The quantitative estimate of drug-likeness (QED) is 0.347. The predicted molar refractivity (Wildman–Crippen MR) is 124 cm³/mol. The molecule has 0 fully saturated rings. The second-order valence-electron chi connectivity index (χ2n) is 8.49. The zero-order chi connectivity index (χ0) is 23.4. The first-order valence-corrected chi connectivity index (χ1v) is 10.6. The Morgan fingerprint density at radius 3 is 1.50 bits per heavy atom. The zero-order valence-corrected chi connectivity index (χ0v) is 18.8. The smallest absolute Gasteiger partial charge is 0.280 e. The van der Waals surface area contributed by atoms with Crippen LogP contribution in [-0.2, 0) is 13.1 Å². The topological polar surface area (TPSA) is 179 Å². The van der Waals surface area contributed by atoms with Gasteiger partial charge in [0.05, 0.1) is 12.7 Å². The van der Waals surface area contributed by atoms with Gasteiger partial charge in [-0.2, -0.15) is 9.97 Å². The Balaban J connectivity index is 0.000000181. The molecule has 12 heteroatoms. The van der Waals surface area contributed by atoms with Gasteiger partial charge in [0, 0.05) is 13.1 Å². The monoisotopic (exact) mass is 442 g/mol. The second-order valence-corrected chi connectivity index (χ2v) is 8.49. The fourth-order valence-electron chi connectivity index (χ4n) is 3.06. The molecule has 0 saturated heterocycles. The molecular weight excluding hydrogens is 412 g/mol. The van der Waals surface area contributed by atoms with Gasteiger partial charge in [-0.3, -0.25) is 19.6 Å². The summed E-state index contributed by atoms with van der Waals surface area (Å²) in [5.74, 6) is 1.45. The van der Waals surface area contributed by atoms with Crippen molar-refractivity contribution in [3.05, 3.63) is 33.4 Å². The van der Waals surface area contributed by atoms with Crippen LogP contribution in [0.4, 0.5) is 11.9 Å². The largest absolute Gasteiger partial charge is 0.369 e. The Kier molecular flexibility index (Phi) is 6.91. The number of aromatic nitrogens is 8. The molecule has 32 heavy (non-hydrogen) atoms. The van der Waals surface area contributed by atoms with Gasteiger partial charge < -0.3 is 20.6 Å². The molecule has 0 aliphatic carbocycles. The maximum absolute atomic E-state index is 11.5. The molecular formula is C20H30N10O2. The number of aromatic amines is 2. The highest BCUT2D eigenvalue weighted by molar-refractivity contribution is 5.71. The summed E-state index contributed by atoms with van der Waals surface area (Å²) in [6.45, 7) is 10.2. The molecule has 0 atom stereocenters. The molecule has 0 radical (unpaired) electrons. The third-order valence-corrected chi connectivity index (χ3v) is 4.88. The number of rotatable bonds is 6. The lowest BCUT2D eigenvalue weighted by Gasteiger charge is -2.05. The van der Waals surface area contributed by atoms with Gasteiger partial charge >= 0.3 is 0 Å². The maximum atomic E-state index is 11.5. The summed E-state index contributed by atoms with van der Waals surface area (Å²) < 4.78 is 3.72. The van der Waals surface area contributed by atoms with Crippen molar-refractivity contribution >= 4 is 34.2 Å². The lowest BCUT2D eigenvalue weighted by Crippen LogP contribution is -2.12. The van der Waals surface area contributed by atoms with Gasteiger partial charge in [0.1, 0.15) is 0 Å². The van der Waals surface area contributed by atoms with E-state index in [0.29, 0.717) is 34.2 Å². The van der Waals surface area contributed by atoms with E-state index in [4.69, 9.17) is 11.5 Å². The fraction of sp³-hybridized carbons (Fsp3) is 0.500. The number of H-pyrrole nitrogens is 2. The Morgan fingerprint density at radius 2 is 1.16 bits per heavy atom. The lowest BCUT2D eigenvalue weighted by atomic mass is 10.1. The molecule has 0 aromatic carbocycles. The molecule has 4 aromatic rings. The van der Waals surface area contributed by atoms with Crippen molar-refractivity contribution in [2.75, 3.05) is 11.5 Å². The number of nitrogens with one attached hydrogen (secondary N) is 2. The van der Waals surface area contributed by atoms with E-state index in [1.54, 1.807) is 12.7 Å². The van der Waals surface area contributed by atoms with Crippen LogP contribution in [0.15, 0.2) is 22.2 Å². The van der Waals surface area contributed by atoms with Crippen molar-refractivity contribution in [2.24, 2.45) is 11.8 Å². The number of nitrogen functional groups attached to an aromatic ring is 2. The van der Waals surface area contributed by atoms with Gasteiger partial charge in [0.2, 0.25) is 11.9 Å². The van der Waals surface area contributed by atoms with E-state index in [2.05, 4.69) is 57.6 Å². The van der Waals surface area contributed by atoms with Gasteiger partial charge in [-0.15, -0.1) is 0 Å². The Bertz CT molecular complexity index is 1210. The molecule has 0 saturated carbocycles. The average molecular weight is 443 g/mol. The molecule has 0 aliphatic heterocycles. The Hall–Kier alpha value is -3.70. The van der Waals surface area contributed by atoms with E-state index < -0.39 is 0 Å². The van der Waals surface area contributed by atoms with Gasteiger partial charge in [-0.25, -0.2) is 9.97 Å². The number of fused-ring (bicyclic) bond motifs is 2. The summed E-state index contributed by atoms with van der Waals surface area (Å²) in [6, 6.07) is 0. The molecule has 4 rings (SSSR count). The molecule has 0 amide bonds. The minimum Gasteiger partial charge on any atom is -0.369 e. The van der Waals surface area contributed by atoms with Crippen LogP contribution < -0.4 is 22.6 Å². The van der Waals surface area contributed by atoms with E-state index >= 15 is 0 Å². The van der Waals surface area contributed by atoms with Gasteiger partial charge in [-0.1, -0.05) is 27.7 Å². The summed E-state index contributed by atoms with van der Waals surface area (Å²) in [7, 11) is 0. The van der Waals surface area contributed by atoms with Gasteiger partial charge in [0.25, 0.3) is 11.1 Å².